The minimum Gasteiger partial charge on any atom is -0.465 e. The van der Waals surface area contributed by atoms with E-state index < -0.39 is 5.72 Å². The van der Waals surface area contributed by atoms with Gasteiger partial charge in [0.15, 0.2) is 5.65 Å². The normalized spacial score (nSPS) is 21.6. The van der Waals surface area contributed by atoms with Gasteiger partial charge in [0, 0.05) is 25.4 Å². The molecule has 1 fully saturated rings. The van der Waals surface area contributed by atoms with E-state index in [9.17, 15) is 9.59 Å². The number of nitrogens with zero attached hydrogens (tertiary/aromatic N) is 4. The minimum atomic E-state index is -0.907. The summed E-state index contributed by atoms with van der Waals surface area (Å²) in [5.74, 6) is 0.205. The summed E-state index contributed by atoms with van der Waals surface area (Å²) in [4.78, 5) is 31.6. The van der Waals surface area contributed by atoms with Gasteiger partial charge < -0.3 is 15.0 Å². The zero-order chi connectivity index (χ0) is 18.4. The lowest BCUT2D eigenvalue weighted by molar-refractivity contribution is -0.0313. The van der Waals surface area contributed by atoms with Crippen LogP contribution in [0.3, 0.4) is 0 Å². The van der Waals surface area contributed by atoms with Crippen LogP contribution in [-0.4, -0.2) is 50.1 Å². The SMILES string of the molecule is O=C1N[C@]2(CCCN(C(=O)c3cnn4cccnc34)C2)Oc2ccccc21. The molecule has 2 aliphatic rings. The van der Waals surface area contributed by atoms with E-state index in [1.54, 1.807) is 46.1 Å². The smallest absolute Gasteiger partial charge is 0.259 e. The average molecular weight is 363 g/mol. The fraction of sp³-hybridized carbons (Fsp3) is 0.263. The largest absolute Gasteiger partial charge is 0.465 e. The highest BCUT2D eigenvalue weighted by atomic mass is 16.5. The molecule has 5 rings (SSSR count). The number of aromatic nitrogens is 3. The zero-order valence-corrected chi connectivity index (χ0v) is 14.5. The number of benzene rings is 1. The predicted octanol–water partition coefficient (Wildman–Crippen LogP) is 1.48. The van der Waals surface area contributed by atoms with Gasteiger partial charge in [0.1, 0.15) is 11.3 Å². The number of para-hydroxylation sites is 1. The number of carbonyl (C=O) groups excluding carboxylic acids is 2. The van der Waals surface area contributed by atoms with Gasteiger partial charge in [-0.1, -0.05) is 12.1 Å². The monoisotopic (exact) mass is 363 g/mol. The van der Waals surface area contributed by atoms with Crippen molar-refractivity contribution < 1.29 is 14.3 Å². The van der Waals surface area contributed by atoms with E-state index in [1.165, 1.54) is 6.20 Å². The molecule has 0 saturated carbocycles. The van der Waals surface area contributed by atoms with Crippen LogP contribution in [0, 0.1) is 0 Å². The second-order valence-electron chi connectivity index (χ2n) is 6.82. The van der Waals surface area contributed by atoms with E-state index in [1.807, 2.05) is 6.07 Å². The van der Waals surface area contributed by atoms with Crippen LogP contribution in [0.1, 0.15) is 33.6 Å². The minimum absolute atomic E-state index is 0.167. The van der Waals surface area contributed by atoms with Gasteiger partial charge in [-0.15, -0.1) is 0 Å². The van der Waals surface area contributed by atoms with Crippen molar-refractivity contribution in [3.63, 3.8) is 0 Å². The molecule has 1 atom stereocenters. The van der Waals surface area contributed by atoms with Crippen molar-refractivity contribution >= 4 is 17.5 Å². The van der Waals surface area contributed by atoms with Crippen molar-refractivity contribution in [1.29, 1.82) is 0 Å². The van der Waals surface area contributed by atoms with Crippen LogP contribution in [-0.2, 0) is 0 Å². The predicted molar refractivity (Wildman–Crippen MR) is 95.4 cm³/mol. The molecule has 8 heteroatoms. The van der Waals surface area contributed by atoms with Crippen LogP contribution in [0.5, 0.6) is 5.75 Å². The Morgan fingerprint density at radius 1 is 1.26 bits per heavy atom. The van der Waals surface area contributed by atoms with Crippen molar-refractivity contribution in [2.45, 2.75) is 18.6 Å². The zero-order valence-electron chi connectivity index (χ0n) is 14.5. The van der Waals surface area contributed by atoms with Crippen molar-refractivity contribution in [3.05, 3.63) is 60.0 Å². The first-order chi connectivity index (χ1) is 13.2. The molecule has 0 unspecified atom stereocenters. The van der Waals surface area contributed by atoms with E-state index in [0.717, 1.165) is 6.42 Å². The van der Waals surface area contributed by atoms with Gasteiger partial charge in [0.25, 0.3) is 11.8 Å². The number of rotatable bonds is 1. The van der Waals surface area contributed by atoms with Crippen molar-refractivity contribution in [1.82, 2.24) is 24.8 Å². The second kappa shape index (κ2) is 5.80. The number of piperidine rings is 1. The molecule has 0 bridgehead atoms. The molecule has 1 N–H and O–H groups in total. The molecule has 136 valence electrons. The molecule has 3 aromatic rings. The van der Waals surface area contributed by atoms with Gasteiger partial charge in [0.05, 0.1) is 18.3 Å². The summed E-state index contributed by atoms with van der Waals surface area (Å²) in [6.07, 6.45) is 6.28. The van der Waals surface area contributed by atoms with Crippen LogP contribution in [0.2, 0.25) is 0 Å². The molecule has 2 aliphatic heterocycles. The average Bonchev–Trinajstić information content (AvgIpc) is 3.11. The molecular formula is C19H17N5O3. The van der Waals surface area contributed by atoms with Crippen LogP contribution < -0.4 is 10.1 Å². The van der Waals surface area contributed by atoms with Gasteiger partial charge in [0.2, 0.25) is 5.72 Å². The lowest BCUT2D eigenvalue weighted by Crippen LogP contribution is -2.64. The maximum Gasteiger partial charge on any atom is 0.259 e. The molecule has 1 aromatic carbocycles. The molecule has 27 heavy (non-hydrogen) atoms. The van der Waals surface area contributed by atoms with E-state index in [2.05, 4.69) is 15.4 Å². The third-order valence-corrected chi connectivity index (χ3v) is 5.03. The highest BCUT2D eigenvalue weighted by molar-refractivity contribution is 6.00. The van der Waals surface area contributed by atoms with Gasteiger partial charge in [-0.3, -0.25) is 9.59 Å². The quantitative estimate of drug-likeness (QED) is 0.708. The van der Waals surface area contributed by atoms with Gasteiger partial charge in [-0.05, 0) is 24.6 Å². The summed E-state index contributed by atoms with van der Waals surface area (Å²) in [5.41, 5.74) is 0.560. The molecule has 4 heterocycles. The molecule has 2 amide bonds. The third kappa shape index (κ3) is 2.52. The topological polar surface area (TPSA) is 88.8 Å². The second-order valence-corrected chi connectivity index (χ2v) is 6.82. The van der Waals surface area contributed by atoms with Crippen molar-refractivity contribution in [2.24, 2.45) is 0 Å². The van der Waals surface area contributed by atoms with Crippen LogP contribution in [0.15, 0.2) is 48.9 Å². The van der Waals surface area contributed by atoms with Gasteiger partial charge >= 0.3 is 0 Å². The summed E-state index contributed by atoms with van der Waals surface area (Å²) in [6.45, 7) is 0.863. The van der Waals surface area contributed by atoms with Crippen molar-refractivity contribution in [2.75, 3.05) is 13.1 Å². The fourth-order valence-corrected chi connectivity index (χ4v) is 3.78. The van der Waals surface area contributed by atoms with Crippen molar-refractivity contribution in [3.8, 4) is 5.75 Å². The van der Waals surface area contributed by atoms with Gasteiger partial charge in [-0.25, -0.2) is 9.50 Å². The van der Waals surface area contributed by atoms with Gasteiger partial charge in [-0.2, -0.15) is 5.10 Å². The Hall–Kier alpha value is -3.42. The lowest BCUT2D eigenvalue weighted by atomic mass is 9.97. The number of nitrogens with one attached hydrogen (secondary N) is 1. The standard InChI is InChI=1S/C19H17N5O3/c25-17-13-5-1-2-6-15(13)27-19(22-17)7-3-9-23(12-19)18(26)14-11-21-24-10-4-8-20-16(14)24/h1-2,4-6,8,10-11H,3,7,9,12H2,(H,22,25)/t19-/m1/s1. The number of carbonyl (C=O) groups is 2. The Morgan fingerprint density at radius 3 is 3.07 bits per heavy atom. The summed E-state index contributed by atoms with van der Waals surface area (Å²) in [7, 11) is 0. The number of amides is 2. The number of hydrogen-bond acceptors (Lipinski definition) is 5. The Labute approximate surface area is 154 Å². The molecular weight excluding hydrogens is 346 g/mol. The summed E-state index contributed by atoms with van der Waals surface area (Å²) in [6, 6.07) is 8.91. The third-order valence-electron chi connectivity index (χ3n) is 5.03. The van der Waals surface area contributed by atoms with Crippen LogP contribution in [0.4, 0.5) is 0 Å². The number of likely N-dealkylation sites (tertiary alicyclic amines) is 1. The summed E-state index contributed by atoms with van der Waals surface area (Å²) >= 11 is 0. The first kappa shape index (κ1) is 15.8. The first-order valence-corrected chi connectivity index (χ1v) is 8.83. The van der Waals surface area contributed by atoms with E-state index >= 15 is 0 Å². The Morgan fingerprint density at radius 2 is 2.15 bits per heavy atom. The van der Waals surface area contributed by atoms with Crippen LogP contribution in [0.25, 0.3) is 5.65 Å². The highest BCUT2D eigenvalue weighted by Gasteiger charge is 2.44. The fourth-order valence-electron chi connectivity index (χ4n) is 3.78. The van der Waals surface area contributed by atoms with E-state index in [4.69, 9.17) is 4.74 Å². The maximum absolute atomic E-state index is 13.1. The summed E-state index contributed by atoms with van der Waals surface area (Å²) in [5, 5.41) is 7.15. The summed E-state index contributed by atoms with van der Waals surface area (Å²) < 4.78 is 7.73. The number of hydrogen-bond donors (Lipinski definition) is 1. The van der Waals surface area contributed by atoms with E-state index in [0.29, 0.717) is 35.5 Å². The molecule has 1 spiro atoms. The highest BCUT2D eigenvalue weighted by Crippen LogP contribution is 2.33. The Kier molecular flexibility index (Phi) is 3.40. The molecule has 8 nitrogen and oxygen atoms in total. The first-order valence-electron chi connectivity index (χ1n) is 8.83. The van der Waals surface area contributed by atoms with Crippen LogP contribution >= 0.6 is 0 Å². The Bertz CT molecular complexity index is 1060. The number of fused-ring (bicyclic) bond motifs is 2. The lowest BCUT2D eigenvalue weighted by Gasteiger charge is -2.45. The molecule has 1 saturated heterocycles. The molecule has 0 radical (unpaired) electrons. The maximum atomic E-state index is 13.1. The molecule has 0 aliphatic carbocycles. The van der Waals surface area contributed by atoms with E-state index in [-0.39, 0.29) is 18.4 Å². The number of ether oxygens (including phenoxy) is 1. The Balaban J connectivity index is 1.45. The molecule has 2 aromatic heterocycles.